The summed E-state index contributed by atoms with van der Waals surface area (Å²) in [6.45, 7) is 6.14. The highest BCUT2D eigenvalue weighted by molar-refractivity contribution is 6.38. The molecule has 0 saturated carbocycles. The largest absolute Gasteiger partial charge is 0.251 e. The number of nitriles is 1. The number of benzene rings is 1. The SMILES string of the molecule is CC(C)(C)c1cc(C#N)c2cc(Cl)cc(Cl)c2n1. The van der Waals surface area contributed by atoms with Crippen molar-refractivity contribution in [3.05, 3.63) is 39.5 Å². The van der Waals surface area contributed by atoms with Gasteiger partial charge in [-0.3, -0.25) is 4.98 Å². The van der Waals surface area contributed by atoms with Gasteiger partial charge in [-0.25, -0.2) is 0 Å². The van der Waals surface area contributed by atoms with Crippen LogP contribution in [0.4, 0.5) is 0 Å². The maximum atomic E-state index is 9.24. The predicted molar refractivity (Wildman–Crippen MR) is 75.2 cm³/mol. The molecule has 0 fully saturated rings. The molecule has 92 valence electrons. The molecule has 0 N–H and O–H groups in total. The lowest BCUT2D eigenvalue weighted by atomic mass is 9.90. The predicted octanol–water partition coefficient (Wildman–Crippen LogP) is 4.71. The molecule has 1 aromatic carbocycles. The lowest BCUT2D eigenvalue weighted by molar-refractivity contribution is 0.571. The van der Waals surface area contributed by atoms with E-state index in [-0.39, 0.29) is 5.41 Å². The minimum Gasteiger partial charge on any atom is -0.251 e. The van der Waals surface area contributed by atoms with E-state index in [0.29, 0.717) is 26.5 Å². The van der Waals surface area contributed by atoms with Gasteiger partial charge in [0.15, 0.2) is 0 Å². The van der Waals surface area contributed by atoms with Gasteiger partial charge in [0.1, 0.15) is 0 Å². The van der Waals surface area contributed by atoms with Gasteiger partial charge in [-0.15, -0.1) is 0 Å². The van der Waals surface area contributed by atoms with E-state index in [1.165, 1.54) is 0 Å². The minimum atomic E-state index is -0.136. The van der Waals surface area contributed by atoms with Gasteiger partial charge in [0.25, 0.3) is 0 Å². The summed E-state index contributed by atoms with van der Waals surface area (Å²) in [5, 5.41) is 10.9. The zero-order chi connectivity index (χ0) is 13.5. The highest BCUT2D eigenvalue weighted by Gasteiger charge is 2.19. The Labute approximate surface area is 116 Å². The molecular weight excluding hydrogens is 267 g/mol. The maximum absolute atomic E-state index is 9.24. The summed E-state index contributed by atoms with van der Waals surface area (Å²) in [5.41, 5.74) is 1.89. The van der Waals surface area contributed by atoms with Crippen LogP contribution >= 0.6 is 23.2 Å². The van der Waals surface area contributed by atoms with E-state index in [1.54, 1.807) is 18.2 Å². The molecule has 2 nitrogen and oxygen atoms in total. The van der Waals surface area contributed by atoms with E-state index in [1.807, 2.05) is 20.8 Å². The summed E-state index contributed by atoms with van der Waals surface area (Å²) in [7, 11) is 0. The first kappa shape index (κ1) is 13.1. The standard InChI is InChI=1S/C14H12Cl2N2/c1-14(2,3)12-4-8(7-17)10-5-9(15)6-11(16)13(10)18-12/h4-6H,1-3H3. The molecule has 18 heavy (non-hydrogen) atoms. The van der Waals surface area contributed by atoms with Crippen LogP contribution < -0.4 is 0 Å². The Morgan fingerprint density at radius 1 is 1.17 bits per heavy atom. The fourth-order valence-electron chi connectivity index (χ4n) is 1.73. The van der Waals surface area contributed by atoms with Crippen LogP contribution in [-0.4, -0.2) is 4.98 Å². The molecule has 2 aromatic rings. The van der Waals surface area contributed by atoms with Gasteiger partial charge >= 0.3 is 0 Å². The van der Waals surface area contributed by atoms with Gasteiger partial charge < -0.3 is 0 Å². The fourth-order valence-corrected chi connectivity index (χ4v) is 2.26. The molecule has 0 unspecified atom stereocenters. The Balaban J connectivity index is 2.90. The highest BCUT2D eigenvalue weighted by Crippen LogP contribution is 2.31. The van der Waals surface area contributed by atoms with Crippen LogP contribution in [0.5, 0.6) is 0 Å². The van der Waals surface area contributed by atoms with Crippen LogP contribution in [0.3, 0.4) is 0 Å². The quantitative estimate of drug-likeness (QED) is 0.700. The van der Waals surface area contributed by atoms with Crippen LogP contribution in [-0.2, 0) is 5.41 Å². The van der Waals surface area contributed by atoms with Crippen molar-refractivity contribution >= 4 is 34.1 Å². The second kappa shape index (κ2) is 4.42. The molecule has 0 saturated heterocycles. The average Bonchev–Trinajstić information content (AvgIpc) is 2.26. The molecule has 0 atom stereocenters. The number of aromatic nitrogens is 1. The number of pyridine rings is 1. The summed E-state index contributed by atoms with van der Waals surface area (Å²) in [6, 6.07) is 7.35. The van der Waals surface area contributed by atoms with Crippen LogP contribution in [0.2, 0.25) is 10.0 Å². The third kappa shape index (κ3) is 2.29. The van der Waals surface area contributed by atoms with Gasteiger partial charge in [0, 0.05) is 21.5 Å². The monoisotopic (exact) mass is 278 g/mol. The van der Waals surface area contributed by atoms with E-state index >= 15 is 0 Å². The Hall–Kier alpha value is -1.30. The second-order valence-electron chi connectivity index (χ2n) is 5.20. The Morgan fingerprint density at radius 3 is 2.39 bits per heavy atom. The molecule has 1 heterocycles. The summed E-state index contributed by atoms with van der Waals surface area (Å²) in [6.07, 6.45) is 0. The number of halogens is 2. The summed E-state index contributed by atoms with van der Waals surface area (Å²) in [4.78, 5) is 4.55. The van der Waals surface area contributed by atoms with Crippen molar-refractivity contribution in [2.75, 3.05) is 0 Å². The molecule has 0 radical (unpaired) electrons. The lowest BCUT2D eigenvalue weighted by Gasteiger charge is -2.19. The first-order chi connectivity index (χ1) is 8.32. The molecule has 2 rings (SSSR count). The number of fused-ring (bicyclic) bond motifs is 1. The number of nitrogens with zero attached hydrogens (tertiary/aromatic N) is 2. The topological polar surface area (TPSA) is 36.7 Å². The van der Waals surface area contributed by atoms with Gasteiger partial charge in [-0.05, 0) is 18.2 Å². The van der Waals surface area contributed by atoms with Crippen molar-refractivity contribution in [2.45, 2.75) is 26.2 Å². The van der Waals surface area contributed by atoms with E-state index in [9.17, 15) is 5.26 Å². The van der Waals surface area contributed by atoms with E-state index in [0.717, 1.165) is 5.69 Å². The number of rotatable bonds is 0. The molecule has 0 bridgehead atoms. The lowest BCUT2D eigenvalue weighted by Crippen LogP contribution is -2.14. The summed E-state index contributed by atoms with van der Waals surface area (Å²) < 4.78 is 0. The molecular formula is C14H12Cl2N2. The van der Waals surface area contributed by atoms with Crippen molar-refractivity contribution < 1.29 is 0 Å². The van der Waals surface area contributed by atoms with E-state index in [4.69, 9.17) is 23.2 Å². The third-order valence-electron chi connectivity index (χ3n) is 2.72. The first-order valence-corrected chi connectivity index (χ1v) is 6.29. The zero-order valence-corrected chi connectivity index (χ0v) is 11.9. The Bertz CT molecular complexity index is 664. The molecule has 0 spiro atoms. The molecule has 4 heteroatoms. The Morgan fingerprint density at radius 2 is 1.83 bits per heavy atom. The van der Waals surface area contributed by atoms with Crippen LogP contribution in [0.1, 0.15) is 32.0 Å². The number of hydrogen-bond donors (Lipinski definition) is 0. The summed E-state index contributed by atoms with van der Waals surface area (Å²) in [5.74, 6) is 0. The highest BCUT2D eigenvalue weighted by atomic mass is 35.5. The van der Waals surface area contributed by atoms with Crippen molar-refractivity contribution in [1.29, 1.82) is 5.26 Å². The van der Waals surface area contributed by atoms with E-state index < -0.39 is 0 Å². The maximum Gasteiger partial charge on any atom is 0.0999 e. The number of hydrogen-bond acceptors (Lipinski definition) is 2. The summed E-state index contributed by atoms with van der Waals surface area (Å²) >= 11 is 12.1. The normalized spacial score (nSPS) is 11.6. The van der Waals surface area contributed by atoms with Crippen molar-refractivity contribution in [1.82, 2.24) is 4.98 Å². The molecule has 0 aliphatic rings. The van der Waals surface area contributed by atoms with Gasteiger partial charge in [-0.2, -0.15) is 5.26 Å². The van der Waals surface area contributed by atoms with E-state index in [2.05, 4.69) is 11.1 Å². The van der Waals surface area contributed by atoms with Crippen LogP contribution in [0.25, 0.3) is 10.9 Å². The van der Waals surface area contributed by atoms with Crippen molar-refractivity contribution in [2.24, 2.45) is 0 Å². The first-order valence-electron chi connectivity index (χ1n) is 5.53. The fraction of sp³-hybridized carbons (Fsp3) is 0.286. The van der Waals surface area contributed by atoms with Gasteiger partial charge in [-0.1, -0.05) is 44.0 Å². The van der Waals surface area contributed by atoms with Crippen molar-refractivity contribution in [3.8, 4) is 6.07 Å². The van der Waals surface area contributed by atoms with Crippen LogP contribution in [0, 0.1) is 11.3 Å². The molecule has 1 aromatic heterocycles. The molecule has 0 aliphatic heterocycles. The van der Waals surface area contributed by atoms with Crippen molar-refractivity contribution in [3.63, 3.8) is 0 Å². The van der Waals surface area contributed by atoms with Crippen LogP contribution in [0.15, 0.2) is 18.2 Å². The van der Waals surface area contributed by atoms with Gasteiger partial charge in [0.05, 0.1) is 22.2 Å². The average molecular weight is 279 g/mol. The molecule has 0 aliphatic carbocycles. The second-order valence-corrected chi connectivity index (χ2v) is 6.04. The Kier molecular flexibility index (Phi) is 3.23. The molecule has 0 amide bonds. The minimum absolute atomic E-state index is 0.136. The zero-order valence-electron chi connectivity index (χ0n) is 10.4. The smallest absolute Gasteiger partial charge is 0.0999 e. The van der Waals surface area contributed by atoms with Gasteiger partial charge in [0.2, 0.25) is 0 Å². The third-order valence-corrected chi connectivity index (χ3v) is 3.23.